The Morgan fingerprint density at radius 3 is 2.00 bits per heavy atom. The van der Waals surface area contributed by atoms with Crippen LogP contribution in [0.1, 0.15) is 13.8 Å². The van der Waals surface area contributed by atoms with E-state index in [1.54, 1.807) is 62.4 Å². The summed E-state index contributed by atoms with van der Waals surface area (Å²) in [6.45, 7) is 3.32. The first-order valence-electron chi connectivity index (χ1n) is 8.10. The van der Waals surface area contributed by atoms with Gasteiger partial charge < -0.3 is 21.9 Å². The number of anilines is 3. The van der Waals surface area contributed by atoms with Crippen molar-refractivity contribution in [3.8, 4) is 0 Å². The maximum Gasteiger partial charge on any atom is 0.211 e. The highest BCUT2D eigenvalue weighted by Crippen LogP contribution is 2.28. The summed E-state index contributed by atoms with van der Waals surface area (Å²) in [6.07, 6.45) is 0. The number of nitrogens with two attached hydrogens (primary N) is 2. The molecule has 132 valence electrons. The number of hydrogen-bond donors (Lipinski definition) is 4. The van der Waals surface area contributed by atoms with Gasteiger partial charge in [-0.1, -0.05) is 0 Å². The first-order valence-corrected chi connectivity index (χ1v) is 8.10. The van der Waals surface area contributed by atoms with E-state index >= 15 is 0 Å². The van der Waals surface area contributed by atoms with E-state index in [0.717, 1.165) is 5.69 Å². The molecule has 2 aromatic rings. The lowest BCUT2D eigenvalue weighted by atomic mass is 9.92. The number of aliphatic hydroxyl groups excluding tert-OH is 1. The molecule has 0 unspecified atom stereocenters. The van der Waals surface area contributed by atoms with Crippen LogP contribution in [-0.2, 0) is 4.79 Å². The van der Waals surface area contributed by atoms with Gasteiger partial charge in [0.15, 0.2) is 0 Å². The molecule has 0 bridgehead atoms. The fraction of sp³-hybridized carbons (Fsp3) is 0.100. The van der Waals surface area contributed by atoms with Crippen molar-refractivity contribution in [1.82, 2.24) is 0 Å². The average molecular weight is 348 g/mol. The molecule has 0 heterocycles. The minimum atomic E-state index is -0.306. The van der Waals surface area contributed by atoms with Gasteiger partial charge in [-0.25, -0.2) is 4.99 Å². The summed E-state index contributed by atoms with van der Waals surface area (Å²) in [6, 6.07) is 14.0. The highest BCUT2D eigenvalue weighted by Gasteiger charge is 2.29. The maximum absolute atomic E-state index is 12.6. The number of nitrogen functional groups attached to an aromatic ring is 2. The molecule has 0 aliphatic heterocycles. The number of aliphatic imine (C=N–C) groups is 1. The van der Waals surface area contributed by atoms with E-state index in [1.165, 1.54) is 0 Å². The zero-order chi connectivity index (χ0) is 18.8. The summed E-state index contributed by atoms with van der Waals surface area (Å²) in [5.74, 6) is -0.389. The molecule has 0 saturated heterocycles. The molecule has 0 spiro atoms. The molecule has 26 heavy (non-hydrogen) atoms. The van der Waals surface area contributed by atoms with Crippen molar-refractivity contribution < 1.29 is 9.90 Å². The third-order valence-corrected chi connectivity index (χ3v) is 4.19. The molecule has 1 aliphatic carbocycles. The van der Waals surface area contributed by atoms with E-state index in [4.69, 9.17) is 11.5 Å². The number of carbonyl (C=O) groups excluding carboxylic acids is 1. The molecule has 0 aromatic heterocycles. The number of nitrogens with one attached hydrogen (secondary N) is 1. The molecule has 6 N–H and O–H groups in total. The van der Waals surface area contributed by atoms with E-state index < -0.39 is 0 Å². The second-order valence-corrected chi connectivity index (χ2v) is 6.10. The Kier molecular flexibility index (Phi) is 4.49. The van der Waals surface area contributed by atoms with E-state index in [9.17, 15) is 9.90 Å². The molecule has 3 rings (SSSR count). The number of benzene rings is 2. The lowest BCUT2D eigenvalue weighted by molar-refractivity contribution is -0.109. The summed E-state index contributed by atoms with van der Waals surface area (Å²) in [5.41, 5.74) is 15.5. The summed E-state index contributed by atoms with van der Waals surface area (Å²) in [5, 5.41) is 13.6. The molecule has 1 aliphatic rings. The molecule has 2 aromatic carbocycles. The molecule has 0 amide bonds. The van der Waals surface area contributed by atoms with Gasteiger partial charge in [0.05, 0.1) is 11.4 Å². The monoisotopic (exact) mass is 348 g/mol. The molecule has 6 heteroatoms. The number of aliphatic hydroxyl groups is 1. The average Bonchev–Trinajstić information content (AvgIpc) is 2.64. The van der Waals surface area contributed by atoms with Crippen LogP contribution in [0.2, 0.25) is 0 Å². The summed E-state index contributed by atoms with van der Waals surface area (Å²) in [4.78, 5) is 17.1. The van der Waals surface area contributed by atoms with Crippen LogP contribution in [0.5, 0.6) is 0 Å². The van der Waals surface area contributed by atoms with Gasteiger partial charge >= 0.3 is 0 Å². The third kappa shape index (κ3) is 3.30. The van der Waals surface area contributed by atoms with Crippen molar-refractivity contribution in [3.05, 3.63) is 71.1 Å². The van der Waals surface area contributed by atoms with Crippen LogP contribution in [-0.4, -0.2) is 16.6 Å². The van der Waals surface area contributed by atoms with Gasteiger partial charge in [-0.05, 0) is 62.4 Å². The van der Waals surface area contributed by atoms with Crippen molar-refractivity contribution in [3.63, 3.8) is 0 Å². The van der Waals surface area contributed by atoms with Gasteiger partial charge in [0.2, 0.25) is 5.78 Å². The van der Waals surface area contributed by atoms with E-state index in [1.807, 2.05) is 0 Å². The van der Waals surface area contributed by atoms with Crippen LogP contribution in [0.25, 0.3) is 0 Å². The predicted molar refractivity (Wildman–Crippen MR) is 105 cm³/mol. The van der Waals surface area contributed by atoms with Gasteiger partial charge in [-0.15, -0.1) is 0 Å². The Morgan fingerprint density at radius 2 is 1.42 bits per heavy atom. The van der Waals surface area contributed by atoms with E-state index in [0.29, 0.717) is 28.3 Å². The lowest BCUT2D eigenvalue weighted by Crippen LogP contribution is -2.26. The highest BCUT2D eigenvalue weighted by molar-refractivity contribution is 6.52. The number of carbonyl (C=O) groups is 1. The second kappa shape index (κ2) is 6.76. The molecule has 0 atom stereocenters. The minimum Gasteiger partial charge on any atom is -0.505 e. The quantitative estimate of drug-likeness (QED) is 0.498. The standard InChI is InChI=1S/C20H20N4O2/c1-11-17(23-15-7-3-13(21)4-8-15)19(25)12(2)20(26)18(11)24-16-9-5-14(22)6-10-16/h3-10,23,25H,21-22H2,1-2H3. The van der Waals surface area contributed by atoms with E-state index in [2.05, 4.69) is 10.3 Å². The van der Waals surface area contributed by atoms with Crippen LogP contribution in [0, 0.1) is 0 Å². The second-order valence-electron chi connectivity index (χ2n) is 6.10. The molecule has 0 radical (unpaired) electrons. The first-order chi connectivity index (χ1) is 12.4. The Bertz CT molecular complexity index is 952. The van der Waals surface area contributed by atoms with Crippen molar-refractivity contribution in [2.24, 2.45) is 4.99 Å². The molecule has 6 nitrogen and oxygen atoms in total. The van der Waals surface area contributed by atoms with Crippen LogP contribution in [0.3, 0.4) is 0 Å². The van der Waals surface area contributed by atoms with Gasteiger partial charge in [-0.2, -0.15) is 0 Å². The number of Topliss-reactive ketones (excluding diaryl/α,β-unsaturated/α-hetero) is 1. The summed E-state index contributed by atoms with van der Waals surface area (Å²) >= 11 is 0. The highest BCUT2D eigenvalue weighted by atomic mass is 16.3. The number of allylic oxidation sites excluding steroid dienone is 2. The molecular formula is C20H20N4O2. The lowest BCUT2D eigenvalue weighted by Gasteiger charge is -2.21. The number of rotatable bonds is 3. The fourth-order valence-electron chi connectivity index (χ4n) is 2.62. The van der Waals surface area contributed by atoms with Crippen molar-refractivity contribution in [1.29, 1.82) is 0 Å². The van der Waals surface area contributed by atoms with Crippen LogP contribution < -0.4 is 16.8 Å². The van der Waals surface area contributed by atoms with Crippen molar-refractivity contribution in [2.75, 3.05) is 16.8 Å². The van der Waals surface area contributed by atoms with Crippen LogP contribution >= 0.6 is 0 Å². The van der Waals surface area contributed by atoms with Crippen LogP contribution in [0.15, 0.2) is 76.1 Å². The zero-order valence-electron chi connectivity index (χ0n) is 14.6. The largest absolute Gasteiger partial charge is 0.505 e. The van der Waals surface area contributed by atoms with Gasteiger partial charge in [0.25, 0.3) is 0 Å². The van der Waals surface area contributed by atoms with Gasteiger partial charge in [0.1, 0.15) is 11.5 Å². The Labute approximate surface area is 151 Å². The van der Waals surface area contributed by atoms with Crippen molar-refractivity contribution in [2.45, 2.75) is 13.8 Å². The Hall–Kier alpha value is -3.54. The number of ketones is 1. The Morgan fingerprint density at radius 1 is 0.885 bits per heavy atom. The predicted octanol–water partition coefficient (Wildman–Crippen LogP) is 3.72. The zero-order valence-corrected chi connectivity index (χ0v) is 14.6. The summed E-state index contributed by atoms with van der Waals surface area (Å²) < 4.78 is 0. The molecule has 0 fully saturated rings. The Balaban J connectivity index is 2.05. The number of hydrogen-bond acceptors (Lipinski definition) is 6. The molecular weight excluding hydrogens is 328 g/mol. The number of nitrogens with zero attached hydrogens (tertiary/aromatic N) is 1. The topological polar surface area (TPSA) is 114 Å². The maximum atomic E-state index is 12.6. The van der Waals surface area contributed by atoms with Gasteiger partial charge in [0, 0.05) is 28.2 Å². The van der Waals surface area contributed by atoms with E-state index in [-0.39, 0.29) is 22.8 Å². The van der Waals surface area contributed by atoms with Crippen molar-refractivity contribution >= 4 is 34.2 Å². The summed E-state index contributed by atoms with van der Waals surface area (Å²) in [7, 11) is 0. The normalized spacial score (nSPS) is 16.4. The third-order valence-electron chi connectivity index (χ3n) is 4.19. The minimum absolute atomic E-state index is 0.0828. The van der Waals surface area contributed by atoms with Gasteiger partial charge in [-0.3, -0.25) is 4.79 Å². The smallest absolute Gasteiger partial charge is 0.211 e. The molecule has 0 saturated carbocycles. The first kappa shape index (κ1) is 17.3. The SMILES string of the molecule is CC1=C(O)C(Nc2ccc(N)cc2)=C(C)C(=Nc2ccc(N)cc2)C1=O. The van der Waals surface area contributed by atoms with Crippen LogP contribution in [0.4, 0.5) is 22.7 Å². The fourth-order valence-corrected chi connectivity index (χ4v) is 2.62.